The number of nitrogens with one attached hydrogen (secondary N) is 2. The number of rotatable bonds is 6. The molecule has 2 aromatic rings. The zero-order chi connectivity index (χ0) is 20.5. The van der Waals surface area contributed by atoms with E-state index < -0.39 is 11.9 Å². The molecule has 1 fully saturated rings. The fourth-order valence-electron chi connectivity index (χ4n) is 2.74. The lowest BCUT2D eigenvalue weighted by molar-refractivity contribution is -0.142. The Morgan fingerprint density at radius 2 is 2.04 bits per heavy atom. The monoisotopic (exact) mass is 514 g/mol. The maximum absolute atomic E-state index is 13.1. The molecular formula is C17H16BrCl2F3N4S. The number of alkyl halides is 3. The lowest BCUT2D eigenvalue weighted by Crippen LogP contribution is -2.30. The standard InChI is InChI=1S/C17H16BrCl2F3N4S/c18-13-14(9-2-3-9)27(26-15(13)17(21,22)23)7-1-6-24-16(28)25-12-5-4-10(19)8-11(12)20/h4-5,8-9H,1-3,6-7H2,(H2,24,25,28). The molecule has 0 unspecified atom stereocenters. The predicted octanol–water partition coefficient (Wildman–Crippen LogP) is 6.23. The molecule has 1 aromatic heterocycles. The number of benzene rings is 1. The SMILES string of the molecule is FC(F)(F)c1nn(CCCNC(=S)Nc2ccc(Cl)cc2Cl)c(C2CC2)c1Br. The Kier molecular flexibility index (Phi) is 6.79. The number of nitrogens with zero attached hydrogens (tertiary/aromatic N) is 2. The van der Waals surface area contributed by atoms with Gasteiger partial charge in [0, 0.05) is 24.0 Å². The van der Waals surface area contributed by atoms with Gasteiger partial charge in [0.25, 0.3) is 0 Å². The highest BCUT2D eigenvalue weighted by Crippen LogP contribution is 2.47. The highest BCUT2D eigenvalue weighted by molar-refractivity contribution is 9.10. The van der Waals surface area contributed by atoms with Crippen LogP contribution in [0, 0.1) is 0 Å². The molecule has 0 saturated heterocycles. The van der Waals surface area contributed by atoms with Crippen LogP contribution in [0.3, 0.4) is 0 Å². The number of aryl methyl sites for hydroxylation is 1. The summed E-state index contributed by atoms with van der Waals surface area (Å²) in [6.07, 6.45) is -2.15. The van der Waals surface area contributed by atoms with Crippen molar-refractivity contribution in [3.63, 3.8) is 0 Å². The van der Waals surface area contributed by atoms with Crippen molar-refractivity contribution in [2.24, 2.45) is 0 Å². The first kappa shape index (κ1) is 21.7. The molecule has 0 atom stereocenters. The lowest BCUT2D eigenvalue weighted by atomic mass is 10.2. The Labute approximate surface area is 183 Å². The highest BCUT2D eigenvalue weighted by Gasteiger charge is 2.41. The second kappa shape index (κ2) is 8.77. The van der Waals surface area contributed by atoms with Gasteiger partial charge in [0.2, 0.25) is 0 Å². The Morgan fingerprint density at radius 3 is 2.64 bits per heavy atom. The van der Waals surface area contributed by atoms with Gasteiger partial charge in [-0.1, -0.05) is 23.2 Å². The number of thiocarbonyl (C=S) groups is 1. The van der Waals surface area contributed by atoms with Crippen LogP contribution in [0.1, 0.15) is 36.6 Å². The van der Waals surface area contributed by atoms with Gasteiger partial charge < -0.3 is 10.6 Å². The summed E-state index contributed by atoms with van der Waals surface area (Å²) in [7, 11) is 0. The van der Waals surface area contributed by atoms with Crippen LogP contribution in [-0.2, 0) is 12.7 Å². The molecule has 1 aliphatic carbocycles. The molecule has 152 valence electrons. The molecule has 11 heteroatoms. The lowest BCUT2D eigenvalue weighted by Gasteiger charge is -2.12. The minimum atomic E-state index is -4.48. The van der Waals surface area contributed by atoms with Crippen molar-refractivity contribution >= 4 is 62.1 Å². The largest absolute Gasteiger partial charge is 0.436 e. The first-order valence-electron chi connectivity index (χ1n) is 8.50. The van der Waals surface area contributed by atoms with E-state index in [-0.39, 0.29) is 10.4 Å². The fraction of sp³-hybridized carbons (Fsp3) is 0.412. The van der Waals surface area contributed by atoms with Crippen LogP contribution < -0.4 is 10.6 Å². The predicted molar refractivity (Wildman–Crippen MR) is 112 cm³/mol. The molecule has 1 aromatic carbocycles. The van der Waals surface area contributed by atoms with Crippen LogP contribution in [0.25, 0.3) is 0 Å². The van der Waals surface area contributed by atoms with Crippen molar-refractivity contribution in [1.82, 2.24) is 15.1 Å². The fourth-order valence-corrected chi connectivity index (χ4v) is 4.24. The Bertz CT molecular complexity index is 884. The molecular weight excluding hydrogens is 500 g/mol. The maximum atomic E-state index is 13.1. The molecule has 4 nitrogen and oxygen atoms in total. The Morgan fingerprint density at radius 1 is 1.32 bits per heavy atom. The summed E-state index contributed by atoms with van der Waals surface area (Å²) in [5, 5.41) is 11.1. The van der Waals surface area contributed by atoms with E-state index in [1.54, 1.807) is 18.2 Å². The Hall–Kier alpha value is -1.03. The zero-order valence-corrected chi connectivity index (χ0v) is 18.3. The molecule has 1 heterocycles. The average Bonchev–Trinajstić information content (AvgIpc) is 3.37. The summed E-state index contributed by atoms with van der Waals surface area (Å²) in [5.41, 5.74) is 0.378. The third-order valence-electron chi connectivity index (χ3n) is 4.18. The zero-order valence-electron chi connectivity index (χ0n) is 14.4. The minimum absolute atomic E-state index is 0.0602. The number of halogens is 6. The van der Waals surface area contributed by atoms with E-state index in [9.17, 15) is 13.2 Å². The van der Waals surface area contributed by atoms with E-state index in [0.29, 0.717) is 46.0 Å². The molecule has 0 amide bonds. The summed E-state index contributed by atoms with van der Waals surface area (Å²) in [4.78, 5) is 0. The minimum Gasteiger partial charge on any atom is -0.362 e. The number of anilines is 1. The van der Waals surface area contributed by atoms with Crippen LogP contribution in [-0.4, -0.2) is 21.4 Å². The van der Waals surface area contributed by atoms with Gasteiger partial charge in [-0.05, 0) is 65.6 Å². The third-order valence-corrected chi connectivity index (χ3v) is 5.75. The molecule has 3 rings (SSSR count). The molecule has 0 aliphatic heterocycles. The van der Waals surface area contributed by atoms with Gasteiger partial charge in [-0.25, -0.2) is 0 Å². The van der Waals surface area contributed by atoms with E-state index in [1.807, 2.05) is 0 Å². The summed E-state index contributed by atoms with van der Waals surface area (Å²) >= 11 is 20.2. The van der Waals surface area contributed by atoms with Gasteiger partial charge in [0.05, 0.1) is 20.9 Å². The highest BCUT2D eigenvalue weighted by atomic mass is 79.9. The van der Waals surface area contributed by atoms with Crippen molar-refractivity contribution in [3.8, 4) is 0 Å². The van der Waals surface area contributed by atoms with Crippen LogP contribution >= 0.6 is 51.3 Å². The normalized spacial score (nSPS) is 14.2. The van der Waals surface area contributed by atoms with Crippen molar-refractivity contribution in [2.45, 2.75) is 37.9 Å². The van der Waals surface area contributed by atoms with Gasteiger partial charge >= 0.3 is 6.18 Å². The molecule has 1 aliphatic rings. The van der Waals surface area contributed by atoms with Crippen molar-refractivity contribution in [2.75, 3.05) is 11.9 Å². The summed E-state index contributed by atoms with van der Waals surface area (Å²) in [6, 6.07) is 4.99. The summed E-state index contributed by atoms with van der Waals surface area (Å²) in [5.74, 6) is 0.140. The van der Waals surface area contributed by atoms with Gasteiger partial charge in [0.15, 0.2) is 10.8 Å². The summed E-state index contributed by atoms with van der Waals surface area (Å²) < 4.78 is 40.9. The quantitative estimate of drug-likeness (QED) is 0.353. The molecule has 0 spiro atoms. The third kappa shape index (κ3) is 5.31. The molecule has 2 N–H and O–H groups in total. The molecule has 0 radical (unpaired) electrons. The Balaban J connectivity index is 1.54. The molecule has 0 bridgehead atoms. The van der Waals surface area contributed by atoms with Crippen LogP contribution in [0.4, 0.5) is 18.9 Å². The van der Waals surface area contributed by atoms with Crippen molar-refractivity contribution < 1.29 is 13.2 Å². The van der Waals surface area contributed by atoms with Gasteiger partial charge in [0.1, 0.15) is 0 Å². The van der Waals surface area contributed by atoms with Crippen LogP contribution in [0.5, 0.6) is 0 Å². The topological polar surface area (TPSA) is 41.9 Å². The molecule has 1 saturated carbocycles. The van der Waals surface area contributed by atoms with Crippen LogP contribution in [0.2, 0.25) is 10.0 Å². The van der Waals surface area contributed by atoms with E-state index in [1.165, 1.54) is 4.68 Å². The van der Waals surface area contributed by atoms with Crippen molar-refractivity contribution in [3.05, 3.63) is 44.1 Å². The van der Waals surface area contributed by atoms with Crippen molar-refractivity contribution in [1.29, 1.82) is 0 Å². The maximum Gasteiger partial charge on any atom is 0.436 e. The smallest absolute Gasteiger partial charge is 0.362 e. The van der Waals surface area contributed by atoms with Gasteiger partial charge in [-0.2, -0.15) is 18.3 Å². The van der Waals surface area contributed by atoms with Crippen LogP contribution in [0.15, 0.2) is 22.7 Å². The van der Waals surface area contributed by atoms with Gasteiger partial charge in [-0.15, -0.1) is 0 Å². The van der Waals surface area contributed by atoms with E-state index in [4.69, 9.17) is 35.4 Å². The number of aromatic nitrogens is 2. The first-order valence-corrected chi connectivity index (χ1v) is 10.5. The van der Waals surface area contributed by atoms with E-state index in [0.717, 1.165) is 12.8 Å². The van der Waals surface area contributed by atoms with E-state index >= 15 is 0 Å². The van der Waals surface area contributed by atoms with Gasteiger partial charge in [-0.3, -0.25) is 4.68 Å². The summed E-state index contributed by atoms with van der Waals surface area (Å²) in [6.45, 7) is 0.831. The molecule has 28 heavy (non-hydrogen) atoms. The second-order valence-electron chi connectivity index (χ2n) is 6.40. The number of hydrogen-bond acceptors (Lipinski definition) is 2. The number of hydrogen-bond donors (Lipinski definition) is 2. The second-order valence-corrected chi connectivity index (χ2v) is 8.45. The van der Waals surface area contributed by atoms with E-state index in [2.05, 4.69) is 31.7 Å². The average molecular weight is 516 g/mol. The first-order chi connectivity index (χ1) is 13.2.